The molecule has 5 aromatic carbocycles. The van der Waals surface area contributed by atoms with E-state index in [0.717, 1.165) is 27.8 Å². The molecule has 0 aliphatic heterocycles. The first-order valence-electron chi connectivity index (χ1n) is 12.6. The van der Waals surface area contributed by atoms with Crippen molar-refractivity contribution in [1.82, 2.24) is 0 Å². The van der Waals surface area contributed by atoms with Crippen LogP contribution in [0.4, 0.5) is 11.4 Å². The molecular formula is C32H28ClN2O5P. The molecule has 7 nitrogen and oxygen atoms in total. The number of phenols is 1. The maximum Gasteiger partial charge on any atom is 0.146 e. The molecule has 0 aliphatic rings. The van der Waals surface area contributed by atoms with Gasteiger partial charge in [0.15, 0.2) is 0 Å². The normalized spacial score (nSPS) is 11.7. The Morgan fingerprint density at radius 2 is 0.927 bits per heavy atom. The molecule has 0 heterocycles. The number of nitrogens with zero attached hydrogens (tertiary/aromatic N) is 2. The maximum absolute atomic E-state index is 10.2. The summed E-state index contributed by atoms with van der Waals surface area (Å²) in [6.07, 6.45) is 0. The van der Waals surface area contributed by atoms with E-state index in [2.05, 4.69) is 108 Å². The highest BCUT2D eigenvalue weighted by Crippen LogP contribution is 2.56. The molecule has 0 amide bonds. The third-order valence-electron chi connectivity index (χ3n) is 6.42. The molecule has 0 bridgehead atoms. The minimum atomic E-state index is -4.94. The van der Waals surface area contributed by atoms with E-state index in [1.54, 1.807) is 0 Å². The monoisotopic (exact) mass is 586 g/mol. The summed E-state index contributed by atoms with van der Waals surface area (Å²) in [5.41, 5.74) is 3.14. The van der Waals surface area contributed by atoms with Crippen molar-refractivity contribution >= 4 is 39.9 Å². The molecule has 41 heavy (non-hydrogen) atoms. The fourth-order valence-electron chi connectivity index (χ4n) is 4.75. The summed E-state index contributed by atoms with van der Waals surface area (Å²) in [5, 5.41) is 24.6. The molecule has 0 aliphatic carbocycles. The lowest BCUT2D eigenvalue weighted by Gasteiger charge is -2.28. The molecule has 1 N–H and O–H groups in total. The van der Waals surface area contributed by atoms with Crippen LogP contribution in [0.25, 0.3) is 0 Å². The van der Waals surface area contributed by atoms with E-state index >= 15 is 0 Å². The zero-order chi connectivity index (χ0) is 29.5. The third-order valence-corrected chi connectivity index (χ3v) is 10.7. The smallest absolute Gasteiger partial charge is 0.146 e. The van der Waals surface area contributed by atoms with E-state index in [0.29, 0.717) is 5.75 Å². The van der Waals surface area contributed by atoms with Crippen LogP contribution >= 0.6 is 7.26 Å². The summed E-state index contributed by atoms with van der Waals surface area (Å²) in [6, 6.07) is 44.3. The van der Waals surface area contributed by atoms with Crippen molar-refractivity contribution in [3.8, 4) is 5.75 Å². The van der Waals surface area contributed by atoms with Crippen molar-refractivity contribution in [2.45, 2.75) is 13.8 Å². The fourth-order valence-corrected chi connectivity index (χ4v) is 9.11. The van der Waals surface area contributed by atoms with Gasteiger partial charge in [0, 0.05) is 0 Å². The summed E-state index contributed by atoms with van der Waals surface area (Å²) >= 11 is 0. The molecule has 208 valence electrons. The molecule has 9 heteroatoms. The highest BCUT2D eigenvalue weighted by molar-refractivity contribution is 8.01. The largest absolute Gasteiger partial charge is 0.507 e. The first-order valence-corrected chi connectivity index (χ1v) is 15.6. The van der Waals surface area contributed by atoms with Crippen molar-refractivity contribution in [3.63, 3.8) is 0 Å². The number of benzene rings is 5. The van der Waals surface area contributed by atoms with Crippen molar-refractivity contribution in [2.24, 2.45) is 10.2 Å². The van der Waals surface area contributed by atoms with Crippen LogP contribution in [0, 0.1) is 24.1 Å². The average molecular weight is 587 g/mol. The van der Waals surface area contributed by atoms with Crippen LogP contribution in [0.2, 0.25) is 0 Å². The molecule has 0 aromatic heterocycles. The van der Waals surface area contributed by atoms with Crippen LogP contribution in [0.3, 0.4) is 0 Å². The number of hydrogen-bond acceptors (Lipinski definition) is 7. The van der Waals surface area contributed by atoms with Crippen molar-refractivity contribution < 1.29 is 34.0 Å². The molecular weight excluding hydrogens is 559 g/mol. The average Bonchev–Trinajstić information content (AvgIpc) is 2.97. The lowest BCUT2D eigenvalue weighted by Crippen LogP contribution is -2.68. The van der Waals surface area contributed by atoms with Crippen LogP contribution in [0.15, 0.2) is 138 Å². The van der Waals surface area contributed by atoms with Gasteiger partial charge >= 0.3 is 0 Å². The third kappa shape index (κ3) is 7.23. The van der Waals surface area contributed by atoms with E-state index in [4.69, 9.17) is 23.8 Å². The Labute approximate surface area is 241 Å². The van der Waals surface area contributed by atoms with Crippen molar-refractivity contribution in [1.29, 1.82) is 0 Å². The van der Waals surface area contributed by atoms with Gasteiger partial charge in [0.1, 0.15) is 39.9 Å². The second-order valence-corrected chi connectivity index (χ2v) is 13.3. The van der Waals surface area contributed by atoms with Gasteiger partial charge in [-0.15, -0.1) is 15.4 Å². The number of phenolic OH excluding ortho intramolecular Hbond substituents is 1. The molecule has 0 spiro atoms. The molecule has 0 radical (unpaired) electrons. The van der Waals surface area contributed by atoms with Gasteiger partial charge < -0.3 is 5.11 Å². The Kier molecular flexibility index (Phi) is 9.63. The van der Waals surface area contributed by atoms with E-state index in [9.17, 15) is 5.11 Å². The predicted molar refractivity (Wildman–Crippen MR) is 153 cm³/mol. The Balaban J connectivity index is 0.000000714. The number of azo groups is 1. The quantitative estimate of drug-likeness (QED) is 0.240. The number of aryl methyl sites for hydroxylation is 2. The molecule has 5 aromatic rings. The second kappa shape index (κ2) is 13.1. The van der Waals surface area contributed by atoms with Gasteiger partial charge in [0.05, 0.1) is 5.69 Å². The van der Waals surface area contributed by atoms with Gasteiger partial charge in [-0.05, 0) is 85.6 Å². The molecule has 0 saturated heterocycles. The summed E-state index contributed by atoms with van der Waals surface area (Å²) in [6.45, 7) is 3.76. The SMILES string of the molecule is Cc1cc(N=Nc2ccccc2[P+](c2ccccc2)(c2ccccc2)c2ccccc2)cc(C)c1O.[O-][Cl+3]([O-])([O-])[O-]. The van der Waals surface area contributed by atoms with Crippen LogP contribution in [0.5, 0.6) is 5.75 Å². The molecule has 0 atom stereocenters. The van der Waals surface area contributed by atoms with Crippen LogP contribution in [0.1, 0.15) is 11.1 Å². The topological polar surface area (TPSA) is 137 Å². The number of rotatable bonds is 6. The van der Waals surface area contributed by atoms with Crippen molar-refractivity contribution in [3.05, 3.63) is 139 Å². The van der Waals surface area contributed by atoms with E-state index in [1.165, 1.54) is 15.9 Å². The van der Waals surface area contributed by atoms with Gasteiger partial charge in [-0.1, -0.05) is 66.7 Å². The Hall–Kier alpha value is -3.94. The maximum atomic E-state index is 10.2. The molecule has 0 fully saturated rings. The predicted octanol–water partition coefficient (Wildman–Crippen LogP) is 2.29. The number of halogens is 1. The second-order valence-electron chi connectivity index (χ2n) is 9.17. The van der Waals surface area contributed by atoms with Crippen LogP contribution in [-0.2, 0) is 0 Å². The van der Waals surface area contributed by atoms with Crippen molar-refractivity contribution in [2.75, 3.05) is 0 Å². The van der Waals surface area contributed by atoms with Crippen LogP contribution < -0.4 is 39.9 Å². The van der Waals surface area contributed by atoms with Gasteiger partial charge in [-0.2, -0.15) is 5.11 Å². The summed E-state index contributed by atoms with van der Waals surface area (Å²) in [4.78, 5) is 0. The molecule has 0 saturated carbocycles. The first-order chi connectivity index (χ1) is 19.6. The van der Waals surface area contributed by atoms with E-state index in [1.807, 2.05) is 38.1 Å². The highest BCUT2D eigenvalue weighted by atomic mass is 35.7. The zero-order valence-corrected chi connectivity index (χ0v) is 24.1. The highest BCUT2D eigenvalue weighted by Gasteiger charge is 2.49. The van der Waals surface area contributed by atoms with Gasteiger partial charge in [0.25, 0.3) is 0 Å². The Morgan fingerprint density at radius 3 is 1.34 bits per heavy atom. The number of aromatic hydroxyl groups is 1. The van der Waals surface area contributed by atoms with Gasteiger partial charge in [-0.3, -0.25) is 0 Å². The first kappa shape index (κ1) is 30.0. The Morgan fingerprint density at radius 1 is 0.561 bits per heavy atom. The summed E-state index contributed by atoms with van der Waals surface area (Å²) in [7, 11) is -7.23. The molecule has 5 rings (SSSR count). The van der Waals surface area contributed by atoms with Gasteiger partial charge in [-0.25, -0.2) is 18.6 Å². The van der Waals surface area contributed by atoms with E-state index in [-0.39, 0.29) is 0 Å². The minimum Gasteiger partial charge on any atom is -0.507 e. The molecule has 0 unspecified atom stereocenters. The summed E-state index contributed by atoms with van der Waals surface area (Å²) < 4.78 is 34.0. The number of hydrogen-bond donors (Lipinski definition) is 1. The minimum absolute atomic E-state index is 0.302. The standard InChI is InChI=1S/C32H27N2OP.ClHO4/c1-24-22-26(23-25(2)32(24)35)33-34-30-20-12-13-21-31(30)36(27-14-6-3-7-15-27,28-16-8-4-9-17-28)29-18-10-5-11-19-29;2-1(3,4)5/h3-23H,1-2H3;(H,2,3,4,5). The Bertz CT molecular complexity index is 1490. The van der Waals surface area contributed by atoms with Gasteiger partial charge in [0.2, 0.25) is 0 Å². The zero-order valence-electron chi connectivity index (χ0n) is 22.4. The lowest BCUT2D eigenvalue weighted by atomic mass is 10.1. The lowest BCUT2D eigenvalue weighted by molar-refractivity contribution is -2.00. The fraction of sp³-hybridized carbons (Fsp3) is 0.0625. The summed E-state index contributed by atoms with van der Waals surface area (Å²) in [5.74, 6) is 0.302. The van der Waals surface area contributed by atoms with Crippen LogP contribution in [-0.4, -0.2) is 5.11 Å². The van der Waals surface area contributed by atoms with E-state index < -0.39 is 17.5 Å².